The lowest BCUT2D eigenvalue weighted by molar-refractivity contribution is 0.100. The van der Waals surface area contributed by atoms with E-state index in [9.17, 15) is 9.59 Å². The number of ether oxygens (including phenoxy) is 2. The Morgan fingerprint density at radius 3 is 2.38 bits per heavy atom. The van der Waals surface area contributed by atoms with E-state index in [4.69, 9.17) is 15.2 Å². The Balaban J connectivity index is 2.41. The molecular weight excluding hydrogens is 292 g/mol. The van der Waals surface area contributed by atoms with Crippen LogP contribution in [0.5, 0.6) is 11.5 Å². The summed E-state index contributed by atoms with van der Waals surface area (Å²) in [6.07, 6.45) is 0. The highest BCUT2D eigenvalue weighted by Crippen LogP contribution is 2.33. The van der Waals surface area contributed by atoms with Crippen molar-refractivity contribution in [2.75, 3.05) is 19.5 Å². The molecular formula is C14H14N2O4S. The SMILES string of the molecule is COc1cc(NC(=O)c2cccs2)c(C(N)=O)cc1OC. The molecule has 0 spiro atoms. The number of nitrogens with one attached hydrogen (secondary N) is 1. The number of rotatable bonds is 5. The van der Waals surface area contributed by atoms with Crippen LogP contribution in [-0.4, -0.2) is 26.0 Å². The number of methoxy groups -OCH3 is 2. The van der Waals surface area contributed by atoms with E-state index in [0.29, 0.717) is 16.4 Å². The van der Waals surface area contributed by atoms with Gasteiger partial charge in [-0.15, -0.1) is 11.3 Å². The van der Waals surface area contributed by atoms with Crippen molar-refractivity contribution in [2.24, 2.45) is 5.73 Å². The second kappa shape index (κ2) is 6.27. The third-order valence-corrected chi connectivity index (χ3v) is 3.65. The molecule has 0 fully saturated rings. The summed E-state index contributed by atoms with van der Waals surface area (Å²) in [5.74, 6) is -0.235. The van der Waals surface area contributed by atoms with Gasteiger partial charge in [0, 0.05) is 6.07 Å². The molecule has 0 saturated carbocycles. The quantitative estimate of drug-likeness (QED) is 0.885. The smallest absolute Gasteiger partial charge is 0.265 e. The maximum Gasteiger partial charge on any atom is 0.265 e. The van der Waals surface area contributed by atoms with Crippen LogP contribution in [0.2, 0.25) is 0 Å². The largest absolute Gasteiger partial charge is 0.493 e. The number of carbonyl (C=O) groups excluding carboxylic acids is 2. The first-order valence-electron chi connectivity index (χ1n) is 5.97. The third kappa shape index (κ3) is 3.14. The Bertz CT molecular complexity index is 668. The summed E-state index contributed by atoms with van der Waals surface area (Å²) in [6.45, 7) is 0. The summed E-state index contributed by atoms with van der Waals surface area (Å²) in [7, 11) is 2.92. The van der Waals surface area contributed by atoms with E-state index in [1.54, 1.807) is 17.5 Å². The fourth-order valence-corrected chi connectivity index (χ4v) is 2.40. The van der Waals surface area contributed by atoms with E-state index in [0.717, 1.165) is 0 Å². The zero-order valence-corrected chi connectivity index (χ0v) is 12.3. The van der Waals surface area contributed by atoms with Crippen LogP contribution in [0.3, 0.4) is 0 Å². The predicted octanol–water partition coefficient (Wildman–Crippen LogP) is 2.12. The number of benzene rings is 1. The van der Waals surface area contributed by atoms with Gasteiger partial charge < -0.3 is 20.5 Å². The summed E-state index contributed by atoms with van der Waals surface area (Å²) in [6, 6.07) is 6.39. The topological polar surface area (TPSA) is 90.6 Å². The Morgan fingerprint density at radius 2 is 1.86 bits per heavy atom. The van der Waals surface area contributed by atoms with Crippen LogP contribution in [-0.2, 0) is 0 Å². The maximum atomic E-state index is 12.1. The second-order valence-electron chi connectivity index (χ2n) is 4.05. The van der Waals surface area contributed by atoms with Crippen LogP contribution in [0.4, 0.5) is 5.69 Å². The lowest BCUT2D eigenvalue weighted by Gasteiger charge is -2.13. The van der Waals surface area contributed by atoms with Crippen molar-refractivity contribution in [2.45, 2.75) is 0 Å². The molecule has 0 aliphatic rings. The van der Waals surface area contributed by atoms with Gasteiger partial charge in [0.2, 0.25) is 0 Å². The Kier molecular flexibility index (Phi) is 4.44. The van der Waals surface area contributed by atoms with Gasteiger partial charge in [0.25, 0.3) is 11.8 Å². The monoisotopic (exact) mass is 306 g/mol. The second-order valence-corrected chi connectivity index (χ2v) is 5.00. The molecule has 0 bridgehead atoms. The van der Waals surface area contributed by atoms with Gasteiger partial charge in [-0.2, -0.15) is 0 Å². The van der Waals surface area contributed by atoms with E-state index < -0.39 is 5.91 Å². The normalized spacial score (nSPS) is 10.0. The number of thiophene rings is 1. The minimum atomic E-state index is -0.669. The van der Waals surface area contributed by atoms with Gasteiger partial charge in [-0.25, -0.2) is 0 Å². The van der Waals surface area contributed by atoms with E-state index in [-0.39, 0.29) is 17.2 Å². The first kappa shape index (κ1) is 14.9. The Labute approximate surface area is 125 Å². The highest BCUT2D eigenvalue weighted by molar-refractivity contribution is 7.12. The lowest BCUT2D eigenvalue weighted by atomic mass is 10.1. The molecule has 0 aliphatic carbocycles. The number of primary amides is 1. The third-order valence-electron chi connectivity index (χ3n) is 2.78. The Hall–Kier alpha value is -2.54. The molecule has 0 aliphatic heterocycles. The van der Waals surface area contributed by atoms with Gasteiger partial charge in [0.1, 0.15) is 0 Å². The number of hydrogen-bond donors (Lipinski definition) is 2. The van der Waals surface area contributed by atoms with Gasteiger partial charge in [-0.05, 0) is 17.5 Å². The molecule has 0 unspecified atom stereocenters. The van der Waals surface area contributed by atoms with Crippen molar-refractivity contribution < 1.29 is 19.1 Å². The van der Waals surface area contributed by atoms with Crippen LogP contribution < -0.4 is 20.5 Å². The van der Waals surface area contributed by atoms with E-state index in [1.165, 1.54) is 37.7 Å². The lowest BCUT2D eigenvalue weighted by Crippen LogP contribution is -2.18. The van der Waals surface area contributed by atoms with Crippen LogP contribution in [0.25, 0.3) is 0 Å². The molecule has 0 saturated heterocycles. The number of nitrogens with two attached hydrogens (primary N) is 1. The van der Waals surface area contributed by atoms with Crippen molar-refractivity contribution in [1.29, 1.82) is 0 Å². The summed E-state index contributed by atoms with van der Waals surface area (Å²) >= 11 is 1.30. The fraction of sp³-hybridized carbons (Fsp3) is 0.143. The van der Waals surface area contributed by atoms with Crippen LogP contribution in [0, 0.1) is 0 Å². The molecule has 7 heteroatoms. The van der Waals surface area contributed by atoms with Crippen molar-refractivity contribution in [1.82, 2.24) is 0 Å². The molecule has 21 heavy (non-hydrogen) atoms. The van der Waals surface area contributed by atoms with Crippen LogP contribution >= 0.6 is 11.3 Å². The van der Waals surface area contributed by atoms with Gasteiger partial charge >= 0.3 is 0 Å². The maximum absolute atomic E-state index is 12.1. The molecule has 0 radical (unpaired) electrons. The predicted molar refractivity (Wildman–Crippen MR) is 80.3 cm³/mol. The molecule has 2 rings (SSSR count). The van der Waals surface area contributed by atoms with Crippen LogP contribution in [0.15, 0.2) is 29.6 Å². The molecule has 2 amide bonds. The van der Waals surface area contributed by atoms with Crippen LogP contribution in [0.1, 0.15) is 20.0 Å². The average Bonchev–Trinajstić information content (AvgIpc) is 3.00. The molecule has 0 atom stereocenters. The number of hydrogen-bond acceptors (Lipinski definition) is 5. The first-order chi connectivity index (χ1) is 10.1. The molecule has 1 heterocycles. The van der Waals surface area contributed by atoms with Gasteiger partial charge in [0.15, 0.2) is 11.5 Å². The highest BCUT2D eigenvalue weighted by atomic mass is 32.1. The Morgan fingerprint density at radius 1 is 1.19 bits per heavy atom. The zero-order chi connectivity index (χ0) is 15.4. The van der Waals surface area contributed by atoms with Crippen molar-refractivity contribution in [3.05, 3.63) is 40.1 Å². The minimum absolute atomic E-state index is 0.151. The van der Waals surface area contributed by atoms with Crippen molar-refractivity contribution >= 4 is 28.8 Å². The molecule has 110 valence electrons. The van der Waals surface area contributed by atoms with E-state index in [2.05, 4.69) is 5.32 Å². The molecule has 3 N–H and O–H groups in total. The first-order valence-corrected chi connectivity index (χ1v) is 6.85. The summed E-state index contributed by atoms with van der Waals surface area (Å²) in [5.41, 5.74) is 5.77. The molecule has 1 aromatic heterocycles. The number of amides is 2. The van der Waals surface area contributed by atoms with Gasteiger partial charge in [0.05, 0.1) is 30.3 Å². The molecule has 2 aromatic rings. The van der Waals surface area contributed by atoms with E-state index in [1.807, 2.05) is 0 Å². The van der Waals surface area contributed by atoms with Gasteiger partial charge in [-0.1, -0.05) is 6.07 Å². The summed E-state index contributed by atoms with van der Waals surface area (Å²) in [4.78, 5) is 24.1. The minimum Gasteiger partial charge on any atom is -0.493 e. The highest BCUT2D eigenvalue weighted by Gasteiger charge is 2.17. The average molecular weight is 306 g/mol. The van der Waals surface area contributed by atoms with E-state index >= 15 is 0 Å². The number of anilines is 1. The molecule has 1 aromatic carbocycles. The molecule has 6 nitrogen and oxygen atoms in total. The van der Waals surface area contributed by atoms with Gasteiger partial charge in [-0.3, -0.25) is 9.59 Å². The van der Waals surface area contributed by atoms with Crippen molar-refractivity contribution in [3.8, 4) is 11.5 Å². The zero-order valence-electron chi connectivity index (χ0n) is 11.5. The summed E-state index contributed by atoms with van der Waals surface area (Å²) < 4.78 is 10.3. The number of carbonyl (C=O) groups is 2. The summed E-state index contributed by atoms with van der Waals surface area (Å²) in [5, 5.41) is 4.45. The standard InChI is InChI=1S/C14H14N2O4S/c1-19-10-6-8(13(15)17)9(7-11(10)20-2)16-14(18)12-4-3-5-21-12/h3-7H,1-2H3,(H2,15,17)(H,16,18). The fourth-order valence-electron chi connectivity index (χ4n) is 1.78. The van der Waals surface area contributed by atoms with Crippen molar-refractivity contribution in [3.63, 3.8) is 0 Å².